The van der Waals surface area contributed by atoms with E-state index in [-0.39, 0.29) is 39.7 Å². The molecule has 0 unspecified atom stereocenters. The SMILES string of the molecule is COc1c(Cl)cc(S(=O)(=O)N2CCN(C(=O)c3ccccc3)CC2)cc1Cl. The van der Waals surface area contributed by atoms with Gasteiger partial charge in [0.15, 0.2) is 5.75 Å². The zero-order valence-corrected chi connectivity index (χ0v) is 16.9. The van der Waals surface area contributed by atoms with Crippen molar-refractivity contribution in [3.05, 3.63) is 58.1 Å². The van der Waals surface area contributed by atoms with Crippen LogP contribution in [-0.4, -0.2) is 56.8 Å². The number of sulfonamides is 1. The van der Waals surface area contributed by atoms with Crippen molar-refractivity contribution in [3.63, 3.8) is 0 Å². The quantitative estimate of drug-likeness (QED) is 0.749. The van der Waals surface area contributed by atoms with Gasteiger partial charge in [-0.25, -0.2) is 8.42 Å². The number of hydrogen-bond donors (Lipinski definition) is 0. The van der Waals surface area contributed by atoms with Gasteiger partial charge in [-0.15, -0.1) is 0 Å². The topological polar surface area (TPSA) is 66.9 Å². The summed E-state index contributed by atoms with van der Waals surface area (Å²) in [6, 6.07) is 11.6. The number of ether oxygens (including phenoxy) is 1. The monoisotopic (exact) mass is 428 g/mol. The van der Waals surface area contributed by atoms with Crippen LogP contribution in [0.1, 0.15) is 10.4 Å². The van der Waals surface area contributed by atoms with Crippen molar-refractivity contribution < 1.29 is 17.9 Å². The average Bonchev–Trinajstić information content (AvgIpc) is 2.68. The number of carbonyl (C=O) groups is 1. The van der Waals surface area contributed by atoms with E-state index in [1.807, 2.05) is 6.07 Å². The second-order valence-electron chi connectivity index (χ2n) is 5.98. The maximum Gasteiger partial charge on any atom is 0.253 e. The van der Waals surface area contributed by atoms with Crippen LogP contribution in [-0.2, 0) is 10.0 Å². The van der Waals surface area contributed by atoms with Crippen molar-refractivity contribution >= 4 is 39.1 Å². The maximum absolute atomic E-state index is 12.9. The van der Waals surface area contributed by atoms with E-state index in [0.717, 1.165) is 0 Å². The number of piperazine rings is 1. The molecular formula is C18H18Cl2N2O4S. The summed E-state index contributed by atoms with van der Waals surface area (Å²) in [4.78, 5) is 14.1. The lowest BCUT2D eigenvalue weighted by Gasteiger charge is -2.34. The van der Waals surface area contributed by atoms with Crippen LogP contribution < -0.4 is 4.74 Å². The number of nitrogens with zero attached hydrogens (tertiary/aromatic N) is 2. The molecule has 0 N–H and O–H groups in total. The lowest BCUT2D eigenvalue weighted by Crippen LogP contribution is -2.50. The Morgan fingerprint density at radius 1 is 1.00 bits per heavy atom. The van der Waals surface area contributed by atoms with Gasteiger partial charge in [0.05, 0.1) is 22.1 Å². The predicted octanol–water partition coefficient (Wildman–Crippen LogP) is 3.15. The highest BCUT2D eigenvalue weighted by Gasteiger charge is 2.31. The van der Waals surface area contributed by atoms with Crippen molar-refractivity contribution in [3.8, 4) is 5.75 Å². The summed E-state index contributed by atoms with van der Waals surface area (Å²) in [7, 11) is -2.37. The minimum atomic E-state index is -3.77. The van der Waals surface area contributed by atoms with Crippen LogP contribution in [0.5, 0.6) is 5.75 Å². The van der Waals surface area contributed by atoms with E-state index in [1.165, 1.54) is 23.5 Å². The molecule has 0 radical (unpaired) electrons. The molecule has 1 heterocycles. The van der Waals surface area contributed by atoms with Crippen LogP contribution in [0, 0.1) is 0 Å². The minimum absolute atomic E-state index is 0.00105. The number of amides is 1. The summed E-state index contributed by atoms with van der Waals surface area (Å²) in [6.45, 7) is 1.01. The molecule has 0 aromatic heterocycles. The van der Waals surface area contributed by atoms with E-state index in [9.17, 15) is 13.2 Å². The summed E-state index contributed by atoms with van der Waals surface area (Å²) >= 11 is 12.1. The molecule has 2 aromatic carbocycles. The summed E-state index contributed by atoms with van der Waals surface area (Å²) in [5.41, 5.74) is 0.586. The molecule has 0 atom stereocenters. The molecule has 9 heteroatoms. The third-order valence-corrected chi connectivity index (χ3v) is 6.80. The Kier molecular flexibility index (Phi) is 5.95. The molecule has 6 nitrogen and oxygen atoms in total. The predicted molar refractivity (Wildman–Crippen MR) is 104 cm³/mol. The summed E-state index contributed by atoms with van der Waals surface area (Å²) in [5, 5.41) is 0.253. The molecule has 3 rings (SSSR count). The Bertz CT molecular complexity index is 920. The molecule has 1 fully saturated rings. The Morgan fingerprint density at radius 3 is 2.07 bits per heavy atom. The Hall–Kier alpha value is -1.80. The first-order valence-electron chi connectivity index (χ1n) is 8.22. The highest BCUT2D eigenvalue weighted by molar-refractivity contribution is 7.89. The molecule has 0 spiro atoms. The third-order valence-electron chi connectivity index (χ3n) is 4.36. The van der Waals surface area contributed by atoms with Gasteiger partial charge >= 0.3 is 0 Å². The van der Waals surface area contributed by atoms with Crippen LogP contribution in [0.3, 0.4) is 0 Å². The fraction of sp³-hybridized carbons (Fsp3) is 0.278. The molecule has 0 bridgehead atoms. The number of rotatable bonds is 4. The van der Waals surface area contributed by atoms with Crippen LogP contribution in [0.15, 0.2) is 47.4 Å². The number of hydrogen-bond acceptors (Lipinski definition) is 4. The van der Waals surface area contributed by atoms with Crippen LogP contribution >= 0.6 is 23.2 Å². The van der Waals surface area contributed by atoms with Gasteiger partial charge in [-0.2, -0.15) is 4.31 Å². The molecule has 0 aliphatic carbocycles. The lowest BCUT2D eigenvalue weighted by atomic mass is 10.2. The highest BCUT2D eigenvalue weighted by Crippen LogP contribution is 2.36. The van der Waals surface area contributed by atoms with Gasteiger partial charge in [-0.1, -0.05) is 41.4 Å². The van der Waals surface area contributed by atoms with Crippen LogP contribution in [0.25, 0.3) is 0 Å². The van der Waals surface area contributed by atoms with Crippen molar-refractivity contribution in [2.24, 2.45) is 0 Å². The van der Waals surface area contributed by atoms with E-state index in [0.29, 0.717) is 18.7 Å². The Morgan fingerprint density at radius 2 is 1.56 bits per heavy atom. The van der Waals surface area contributed by atoms with Gasteiger partial charge in [0, 0.05) is 31.7 Å². The zero-order chi connectivity index (χ0) is 19.6. The van der Waals surface area contributed by atoms with E-state index in [1.54, 1.807) is 29.2 Å². The Labute approximate surface area is 168 Å². The van der Waals surface area contributed by atoms with E-state index < -0.39 is 10.0 Å². The second kappa shape index (κ2) is 8.06. The summed E-state index contributed by atoms with van der Waals surface area (Å²) in [6.07, 6.45) is 0. The molecule has 1 aliphatic rings. The first-order chi connectivity index (χ1) is 12.8. The molecule has 2 aromatic rings. The van der Waals surface area contributed by atoms with E-state index >= 15 is 0 Å². The van der Waals surface area contributed by atoms with Crippen molar-refractivity contribution in [2.45, 2.75) is 4.90 Å². The molecule has 144 valence electrons. The van der Waals surface area contributed by atoms with Gasteiger partial charge in [-0.3, -0.25) is 4.79 Å². The van der Waals surface area contributed by atoms with Gasteiger partial charge in [0.2, 0.25) is 10.0 Å². The fourth-order valence-electron chi connectivity index (χ4n) is 2.92. The number of carbonyl (C=O) groups excluding carboxylic acids is 1. The standard InChI is InChI=1S/C18H18Cl2N2O4S/c1-26-17-15(19)11-14(12-16(17)20)27(24,25)22-9-7-21(8-10-22)18(23)13-5-3-2-4-6-13/h2-6,11-12H,7-10H2,1H3. The second-order valence-corrected chi connectivity index (χ2v) is 8.73. The lowest BCUT2D eigenvalue weighted by molar-refractivity contribution is 0.0698. The first kappa shape index (κ1) is 19.9. The molecule has 0 saturated carbocycles. The minimum Gasteiger partial charge on any atom is -0.494 e. The highest BCUT2D eigenvalue weighted by atomic mass is 35.5. The molecule has 1 aliphatic heterocycles. The van der Waals surface area contributed by atoms with Crippen LogP contribution in [0.2, 0.25) is 10.0 Å². The van der Waals surface area contributed by atoms with Crippen LogP contribution in [0.4, 0.5) is 0 Å². The zero-order valence-electron chi connectivity index (χ0n) is 14.6. The average molecular weight is 429 g/mol. The van der Waals surface area contributed by atoms with Gasteiger partial charge in [0.25, 0.3) is 5.91 Å². The van der Waals surface area contributed by atoms with Crippen molar-refractivity contribution in [1.29, 1.82) is 0 Å². The third kappa shape index (κ3) is 4.06. The van der Waals surface area contributed by atoms with Crippen molar-refractivity contribution in [1.82, 2.24) is 9.21 Å². The van der Waals surface area contributed by atoms with Gasteiger partial charge < -0.3 is 9.64 Å². The maximum atomic E-state index is 12.9. The smallest absolute Gasteiger partial charge is 0.253 e. The number of halogens is 2. The molecule has 27 heavy (non-hydrogen) atoms. The number of methoxy groups -OCH3 is 1. The molecular weight excluding hydrogens is 411 g/mol. The summed E-state index contributed by atoms with van der Waals surface area (Å²) < 4.78 is 32.2. The Balaban J connectivity index is 1.74. The van der Waals surface area contributed by atoms with Gasteiger partial charge in [-0.05, 0) is 24.3 Å². The van der Waals surface area contributed by atoms with E-state index in [4.69, 9.17) is 27.9 Å². The molecule has 1 saturated heterocycles. The normalized spacial score (nSPS) is 15.6. The molecule has 1 amide bonds. The fourth-order valence-corrected chi connectivity index (χ4v) is 5.17. The van der Waals surface area contributed by atoms with Crippen molar-refractivity contribution in [2.75, 3.05) is 33.3 Å². The largest absolute Gasteiger partial charge is 0.494 e. The summed E-state index contributed by atoms with van der Waals surface area (Å²) in [5.74, 6) is 0.124. The van der Waals surface area contributed by atoms with Gasteiger partial charge in [0.1, 0.15) is 0 Å². The number of benzene rings is 2. The van der Waals surface area contributed by atoms with E-state index in [2.05, 4.69) is 0 Å². The first-order valence-corrected chi connectivity index (χ1v) is 10.4.